The van der Waals surface area contributed by atoms with Crippen molar-refractivity contribution in [3.63, 3.8) is 0 Å². The summed E-state index contributed by atoms with van der Waals surface area (Å²) in [5.74, 6) is 2.06. The number of H-pyrrole nitrogens is 1. The van der Waals surface area contributed by atoms with Crippen LogP contribution in [-0.4, -0.2) is 19.5 Å². The lowest BCUT2D eigenvalue weighted by Crippen LogP contribution is -1.92. The van der Waals surface area contributed by atoms with E-state index in [-0.39, 0.29) is 0 Å². The van der Waals surface area contributed by atoms with Gasteiger partial charge in [0.25, 0.3) is 0 Å². The Morgan fingerprint density at radius 2 is 1.87 bits per heavy atom. The lowest BCUT2D eigenvalue weighted by atomic mass is 10.4. The second-order valence-electron chi connectivity index (χ2n) is 3.56. The molecule has 0 saturated carbocycles. The van der Waals surface area contributed by atoms with Crippen molar-refractivity contribution < 1.29 is 0 Å². The van der Waals surface area contributed by atoms with Crippen LogP contribution in [0.15, 0.2) is 12.4 Å². The molecule has 2 aromatic heterocycles. The zero-order chi connectivity index (χ0) is 11.4. The summed E-state index contributed by atoms with van der Waals surface area (Å²) in [4.78, 5) is 11.0. The first-order valence-electron chi connectivity index (χ1n) is 4.95. The van der Waals surface area contributed by atoms with Crippen LogP contribution in [0.5, 0.6) is 0 Å². The van der Waals surface area contributed by atoms with E-state index in [2.05, 4.69) is 26.4 Å². The minimum atomic E-state index is 0.968. The van der Waals surface area contributed by atoms with Gasteiger partial charge in [0.15, 0.2) is 0 Å². The molecule has 0 bridgehead atoms. The van der Waals surface area contributed by atoms with Crippen LogP contribution in [0.1, 0.15) is 23.0 Å². The van der Waals surface area contributed by atoms with Gasteiger partial charge in [-0.25, -0.2) is 9.97 Å². The minimum Gasteiger partial charge on any atom is -0.349 e. The number of nitrogens with zero attached hydrogens (tertiary/aromatic N) is 3. The van der Waals surface area contributed by atoms with Gasteiger partial charge in [-0.1, -0.05) is 0 Å². The van der Waals surface area contributed by atoms with E-state index in [1.54, 1.807) is 12.4 Å². The number of aromatic nitrogens is 4. The van der Waals surface area contributed by atoms with Gasteiger partial charge >= 0.3 is 0 Å². The van der Waals surface area contributed by atoms with Crippen LogP contribution < -0.4 is 0 Å². The normalized spacial score (nSPS) is 9.67. The summed E-state index contributed by atoms with van der Waals surface area (Å²) >= 11 is 0. The number of aromatic amines is 1. The number of nitrogens with one attached hydrogen (secondary N) is 1. The maximum atomic E-state index is 4.27. The average Bonchev–Trinajstić information content (AvgIpc) is 2.73. The Balaban J connectivity index is 0.000000162. The van der Waals surface area contributed by atoms with Crippen molar-refractivity contribution in [2.45, 2.75) is 27.7 Å². The maximum absolute atomic E-state index is 4.27. The van der Waals surface area contributed by atoms with Gasteiger partial charge in [-0.05, 0) is 27.7 Å². The van der Waals surface area contributed by atoms with Crippen LogP contribution in [0.3, 0.4) is 0 Å². The molecule has 2 aromatic rings. The van der Waals surface area contributed by atoms with E-state index >= 15 is 0 Å². The van der Waals surface area contributed by atoms with Crippen LogP contribution in [0.2, 0.25) is 0 Å². The van der Waals surface area contributed by atoms with Gasteiger partial charge in [0.1, 0.15) is 11.6 Å². The predicted molar refractivity (Wildman–Crippen MR) is 60.7 cm³/mol. The number of hydrogen-bond acceptors (Lipinski definition) is 2. The Morgan fingerprint density at radius 3 is 2.00 bits per heavy atom. The van der Waals surface area contributed by atoms with Crippen LogP contribution in [0.4, 0.5) is 0 Å². The molecule has 0 saturated heterocycles. The molecule has 1 N–H and O–H groups in total. The molecule has 0 fully saturated rings. The van der Waals surface area contributed by atoms with E-state index in [0.29, 0.717) is 0 Å². The van der Waals surface area contributed by atoms with Crippen molar-refractivity contribution in [1.29, 1.82) is 0 Å². The highest BCUT2D eigenvalue weighted by Gasteiger charge is 2.00. The molecule has 0 atom stereocenters. The lowest BCUT2D eigenvalue weighted by molar-refractivity contribution is 0.827. The van der Waals surface area contributed by atoms with Crippen LogP contribution >= 0.6 is 0 Å². The summed E-state index contributed by atoms with van der Waals surface area (Å²) in [7, 11) is 2.03. The van der Waals surface area contributed by atoms with Crippen molar-refractivity contribution in [3.8, 4) is 0 Å². The number of aryl methyl sites for hydroxylation is 3. The quantitative estimate of drug-likeness (QED) is 0.717. The Bertz CT molecular complexity index is 389. The number of hydrogen-bond donors (Lipinski definition) is 1. The van der Waals surface area contributed by atoms with Gasteiger partial charge in [0.2, 0.25) is 0 Å². The molecule has 0 aromatic carbocycles. The van der Waals surface area contributed by atoms with Crippen molar-refractivity contribution in [2.75, 3.05) is 0 Å². The van der Waals surface area contributed by atoms with Gasteiger partial charge in [-0.15, -0.1) is 0 Å². The van der Waals surface area contributed by atoms with E-state index < -0.39 is 0 Å². The third-order valence-corrected chi connectivity index (χ3v) is 2.48. The Kier molecular flexibility index (Phi) is 3.66. The van der Waals surface area contributed by atoms with Gasteiger partial charge in [-0.3, -0.25) is 0 Å². The standard InChI is InChI=1S/C7H12N2.C4H6N2/c1-5-6(2)9(4)7(3)8-5;1-4-5-2-3-6-4/h1-4H3;2-3H,1H3,(H,5,6). The predicted octanol–water partition coefficient (Wildman–Crippen LogP) is 2.06. The summed E-state index contributed by atoms with van der Waals surface area (Å²) in [6.07, 6.45) is 3.53. The molecule has 0 unspecified atom stereocenters. The Morgan fingerprint density at radius 1 is 1.20 bits per heavy atom. The van der Waals surface area contributed by atoms with Crippen LogP contribution in [0, 0.1) is 27.7 Å². The summed E-state index contributed by atoms with van der Waals surface area (Å²) in [5.41, 5.74) is 2.39. The molecule has 0 aliphatic carbocycles. The van der Waals surface area contributed by atoms with Crippen LogP contribution in [-0.2, 0) is 7.05 Å². The Labute approximate surface area is 90.4 Å². The molecule has 15 heavy (non-hydrogen) atoms. The fraction of sp³-hybridized carbons (Fsp3) is 0.455. The topological polar surface area (TPSA) is 46.5 Å². The molecule has 0 amide bonds. The van der Waals surface area contributed by atoms with Crippen LogP contribution in [0.25, 0.3) is 0 Å². The summed E-state index contributed by atoms with van der Waals surface area (Å²) < 4.78 is 2.09. The molecule has 0 aliphatic heterocycles. The van der Waals surface area contributed by atoms with E-state index in [1.165, 1.54) is 5.69 Å². The first-order valence-corrected chi connectivity index (χ1v) is 4.95. The number of rotatable bonds is 0. The largest absolute Gasteiger partial charge is 0.349 e. The molecule has 4 heteroatoms. The molecule has 4 nitrogen and oxygen atoms in total. The molecule has 2 rings (SSSR count). The summed E-state index contributed by atoms with van der Waals surface area (Å²) in [5, 5.41) is 0. The van der Waals surface area contributed by atoms with Crippen molar-refractivity contribution in [3.05, 3.63) is 35.4 Å². The number of imidazole rings is 2. The van der Waals surface area contributed by atoms with Crippen molar-refractivity contribution in [2.24, 2.45) is 7.05 Å². The molecule has 2 heterocycles. The van der Waals surface area contributed by atoms with E-state index in [0.717, 1.165) is 17.3 Å². The fourth-order valence-corrected chi connectivity index (χ4v) is 1.23. The zero-order valence-corrected chi connectivity index (χ0v) is 10.00. The van der Waals surface area contributed by atoms with Gasteiger partial charge < -0.3 is 9.55 Å². The second-order valence-corrected chi connectivity index (χ2v) is 3.56. The van der Waals surface area contributed by atoms with Crippen molar-refractivity contribution in [1.82, 2.24) is 19.5 Å². The molecule has 0 aliphatic rings. The fourth-order valence-electron chi connectivity index (χ4n) is 1.23. The third-order valence-electron chi connectivity index (χ3n) is 2.48. The SMILES string of the molecule is Cc1nc(C)n(C)c1C.Cc1ncc[nH]1. The van der Waals surface area contributed by atoms with Gasteiger partial charge in [0.05, 0.1) is 5.69 Å². The highest BCUT2D eigenvalue weighted by Crippen LogP contribution is 2.05. The first kappa shape index (κ1) is 11.5. The smallest absolute Gasteiger partial charge is 0.105 e. The summed E-state index contributed by atoms with van der Waals surface area (Å²) in [6.45, 7) is 8.04. The molecule has 0 radical (unpaired) electrons. The Hall–Kier alpha value is -1.58. The average molecular weight is 206 g/mol. The lowest BCUT2D eigenvalue weighted by Gasteiger charge is -1.94. The van der Waals surface area contributed by atoms with Gasteiger partial charge in [-0.2, -0.15) is 0 Å². The van der Waals surface area contributed by atoms with Crippen molar-refractivity contribution >= 4 is 0 Å². The minimum absolute atomic E-state index is 0.968. The monoisotopic (exact) mass is 206 g/mol. The third kappa shape index (κ3) is 2.94. The maximum Gasteiger partial charge on any atom is 0.105 e. The van der Waals surface area contributed by atoms with E-state index in [1.807, 2.05) is 27.8 Å². The molecular formula is C11H18N4. The molecule has 0 spiro atoms. The summed E-state index contributed by atoms with van der Waals surface area (Å²) in [6, 6.07) is 0. The van der Waals surface area contributed by atoms with E-state index in [4.69, 9.17) is 0 Å². The van der Waals surface area contributed by atoms with E-state index in [9.17, 15) is 0 Å². The second kappa shape index (κ2) is 4.77. The zero-order valence-electron chi connectivity index (χ0n) is 10.00. The highest BCUT2D eigenvalue weighted by molar-refractivity contribution is 5.12. The first-order chi connectivity index (χ1) is 7.02. The highest BCUT2D eigenvalue weighted by atomic mass is 15.1. The molecule has 82 valence electrons. The molecular weight excluding hydrogens is 188 g/mol. The van der Waals surface area contributed by atoms with Gasteiger partial charge in [0, 0.05) is 25.1 Å².